The number of piperidine rings is 1. The standard InChI is InChI=1S/C19H27N3O5S/c1-4-5-10-20(2)18(23)14-7-6-11-22(13-14)28(25,26)15-8-9-16-17(12-15)27-19(24)21(16)3/h8-9,12,14H,4-7,10-11,13H2,1-3H3/t14-/m1/s1. The fourth-order valence-electron chi connectivity index (χ4n) is 3.60. The first-order chi connectivity index (χ1) is 13.3. The van der Waals surface area contributed by atoms with Crippen LogP contribution in [-0.4, -0.2) is 54.8 Å². The highest BCUT2D eigenvalue weighted by Gasteiger charge is 2.34. The van der Waals surface area contributed by atoms with Gasteiger partial charge in [0.25, 0.3) is 0 Å². The van der Waals surface area contributed by atoms with Crippen molar-refractivity contribution in [2.45, 2.75) is 37.5 Å². The number of aromatic nitrogens is 1. The predicted octanol–water partition coefficient (Wildman–Crippen LogP) is 1.79. The summed E-state index contributed by atoms with van der Waals surface area (Å²) in [4.78, 5) is 26.1. The smallest absolute Gasteiger partial charge is 0.408 e. The van der Waals surface area contributed by atoms with Crippen molar-refractivity contribution in [2.75, 3.05) is 26.7 Å². The molecule has 2 heterocycles. The number of rotatable bonds is 6. The molecule has 0 bridgehead atoms. The second kappa shape index (κ2) is 8.08. The van der Waals surface area contributed by atoms with E-state index in [9.17, 15) is 18.0 Å². The number of nitrogens with zero attached hydrogens (tertiary/aromatic N) is 3. The number of sulfonamides is 1. The number of carbonyl (C=O) groups excluding carboxylic acids is 1. The molecule has 1 amide bonds. The van der Waals surface area contributed by atoms with Crippen LogP contribution in [0.15, 0.2) is 32.3 Å². The zero-order valence-electron chi connectivity index (χ0n) is 16.6. The largest absolute Gasteiger partial charge is 0.419 e. The second-order valence-electron chi connectivity index (χ2n) is 7.37. The van der Waals surface area contributed by atoms with Gasteiger partial charge in [-0.25, -0.2) is 13.2 Å². The van der Waals surface area contributed by atoms with Crippen molar-refractivity contribution in [2.24, 2.45) is 13.0 Å². The third-order valence-corrected chi connectivity index (χ3v) is 7.22. The Labute approximate surface area is 164 Å². The predicted molar refractivity (Wildman–Crippen MR) is 105 cm³/mol. The molecule has 0 radical (unpaired) electrons. The number of aryl methyl sites for hydroxylation is 1. The first-order valence-corrected chi connectivity index (χ1v) is 11.0. The van der Waals surface area contributed by atoms with E-state index in [1.807, 2.05) is 0 Å². The minimum atomic E-state index is -3.77. The van der Waals surface area contributed by atoms with Gasteiger partial charge in [-0.1, -0.05) is 13.3 Å². The van der Waals surface area contributed by atoms with Crippen LogP contribution < -0.4 is 5.76 Å². The molecule has 0 spiro atoms. The van der Waals surface area contributed by atoms with E-state index in [1.165, 1.54) is 21.0 Å². The first kappa shape index (κ1) is 20.6. The second-order valence-corrected chi connectivity index (χ2v) is 9.31. The van der Waals surface area contributed by atoms with Crippen molar-refractivity contribution in [3.05, 3.63) is 28.7 Å². The molecule has 0 saturated carbocycles. The lowest BCUT2D eigenvalue weighted by Crippen LogP contribution is -2.46. The van der Waals surface area contributed by atoms with Crippen molar-refractivity contribution in [1.29, 1.82) is 0 Å². The summed E-state index contributed by atoms with van der Waals surface area (Å²) in [5, 5.41) is 0. The van der Waals surface area contributed by atoms with Crippen LogP contribution in [0.5, 0.6) is 0 Å². The molecule has 1 aromatic carbocycles. The number of amides is 1. The van der Waals surface area contributed by atoms with E-state index in [4.69, 9.17) is 4.42 Å². The lowest BCUT2D eigenvalue weighted by atomic mass is 9.98. The maximum Gasteiger partial charge on any atom is 0.419 e. The summed E-state index contributed by atoms with van der Waals surface area (Å²) in [5.41, 5.74) is 0.769. The first-order valence-electron chi connectivity index (χ1n) is 9.60. The topological polar surface area (TPSA) is 92.8 Å². The summed E-state index contributed by atoms with van der Waals surface area (Å²) in [6.07, 6.45) is 3.26. The highest BCUT2D eigenvalue weighted by molar-refractivity contribution is 7.89. The van der Waals surface area contributed by atoms with Gasteiger partial charge >= 0.3 is 5.76 Å². The number of fused-ring (bicyclic) bond motifs is 1. The average Bonchev–Trinajstić information content (AvgIpc) is 2.98. The summed E-state index contributed by atoms with van der Waals surface area (Å²) in [6, 6.07) is 4.43. The maximum atomic E-state index is 13.1. The van der Waals surface area contributed by atoms with Gasteiger partial charge in [0, 0.05) is 39.8 Å². The molecule has 1 saturated heterocycles. The molecule has 2 aromatic rings. The van der Waals surface area contributed by atoms with Crippen molar-refractivity contribution in [1.82, 2.24) is 13.8 Å². The van der Waals surface area contributed by atoms with E-state index in [1.54, 1.807) is 25.1 Å². The quantitative estimate of drug-likeness (QED) is 0.725. The highest BCUT2D eigenvalue weighted by Crippen LogP contribution is 2.26. The summed E-state index contributed by atoms with van der Waals surface area (Å²) in [5.74, 6) is -0.870. The summed E-state index contributed by atoms with van der Waals surface area (Å²) < 4.78 is 34.0. The molecule has 1 fully saturated rings. The van der Waals surface area contributed by atoms with E-state index in [0.29, 0.717) is 31.4 Å². The Hall–Kier alpha value is -2.13. The average molecular weight is 410 g/mol. The van der Waals surface area contributed by atoms with Crippen molar-refractivity contribution in [3.63, 3.8) is 0 Å². The van der Waals surface area contributed by atoms with E-state index in [2.05, 4.69) is 6.92 Å². The third kappa shape index (κ3) is 3.86. The lowest BCUT2D eigenvalue weighted by Gasteiger charge is -2.33. The van der Waals surface area contributed by atoms with Crippen LogP contribution in [-0.2, 0) is 21.9 Å². The molecule has 9 heteroatoms. The molecule has 1 aromatic heterocycles. The van der Waals surface area contributed by atoms with Crippen LogP contribution in [0, 0.1) is 5.92 Å². The molecule has 1 atom stereocenters. The molecule has 3 rings (SSSR count). The number of hydrogen-bond donors (Lipinski definition) is 0. The fourth-order valence-corrected chi connectivity index (χ4v) is 5.14. The van der Waals surface area contributed by atoms with E-state index in [-0.39, 0.29) is 28.8 Å². The lowest BCUT2D eigenvalue weighted by molar-refractivity contribution is -0.135. The van der Waals surface area contributed by atoms with Crippen LogP contribution >= 0.6 is 0 Å². The van der Waals surface area contributed by atoms with Crippen LogP contribution in [0.3, 0.4) is 0 Å². The zero-order valence-corrected chi connectivity index (χ0v) is 17.4. The maximum absolute atomic E-state index is 13.1. The number of hydrogen-bond acceptors (Lipinski definition) is 5. The van der Waals surface area contributed by atoms with Crippen LogP contribution in [0.4, 0.5) is 0 Å². The molecule has 1 aliphatic rings. The number of oxazole rings is 1. The summed E-state index contributed by atoms with van der Waals surface area (Å²) in [7, 11) is -0.433. The van der Waals surface area contributed by atoms with Crippen LogP contribution in [0.2, 0.25) is 0 Å². The number of benzene rings is 1. The van der Waals surface area contributed by atoms with Gasteiger partial charge in [0.2, 0.25) is 15.9 Å². The van der Waals surface area contributed by atoms with Crippen LogP contribution in [0.1, 0.15) is 32.6 Å². The Morgan fingerprint density at radius 2 is 2.11 bits per heavy atom. The Bertz CT molecular complexity index is 1020. The van der Waals surface area contributed by atoms with E-state index >= 15 is 0 Å². The van der Waals surface area contributed by atoms with Gasteiger partial charge in [-0.3, -0.25) is 9.36 Å². The molecule has 8 nitrogen and oxygen atoms in total. The van der Waals surface area contributed by atoms with Crippen molar-refractivity contribution < 1.29 is 17.6 Å². The van der Waals surface area contributed by atoms with E-state index < -0.39 is 15.8 Å². The highest BCUT2D eigenvalue weighted by atomic mass is 32.2. The van der Waals surface area contributed by atoms with Gasteiger partial charge in [-0.2, -0.15) is 4.31 Å². The minimum Gasteiger partial charge on any atom is -0.408 e. The Kier molecular flexibility index (Phi) is 5.95. The van der Waals surface area contributed by atoms with Gasteiger partial charge in [-0.15, -0.1) is 0 Å². The summed E-state index contributed by atoms with van der Waals surface area (Å²) >= 11 is 0. The molecule has 0 N–H and O–H groups in total. The third-order valence-electron chi connectivity index (χ3n) is 5.36. The molecular weight excluding hydrogens is 382 g/mol. The molecule has 1 aliphatic heterocycles. The van der Waals surface area contributed by atoms with Gasteiger partial charge in [0.1, 0.15) is 0 Å². The van der Waals surface area contributed by atoms with Gasteiger partial charge < -0.3 is 9.32 Å². The summed E-state index contributed by atoms with van der Waals surface area (Å²) in [6.45, 7) is 3.30. The monoisotopic (exact) mass is 409 g/mol. The molecule has 0 unspecified atom stereocenters. The Morgan fingerprint density at radius 3 is 2.82 bits per heavy atom. The van der Waals surface area contributed by atoms with Gasteiger partial charge in [0.15, 0.2) is 5.58 Å². The zero-order chi connectivity index (χ0) is 20.5. The Morgan fingerprint density at radius 1 is 1.36 bits per heavy atom. The molecule has 28 heavy (non-hydrogen) atoms. The van der Waals surface area contributed by atoms with Gasteiger partial charge in [-0.05, 0) is 31.4 Å². The minimum absolute atomic E-state index is 0.00198. The normalized spacial score (nSPS) is 18.5. The fraction of sp³-hybridized carbons (Fsp3) is 0.579. The van der Waals surface area contributed by atoms with Gasteiger partial charge in [0.05, 0.1) is 16.3 Å². The van der Waals surface area contributed by atoms with Crippen molar-refractivity contribution >= 4 is 27.0 Å². The number of carbonyl (C=O) groups is 1. The molecular formula is C19H27N3O5S. The SMILES string of the molecule is CCCCN(C)C(=O)[C@@H]1CCCN(S(=O)(=O)c2ccc3c(c2)oc(=O)n3C)C1. The number of unbranched alkanes of at least 4 members (excludes halogenated alkanes) is 1. The van der Waals surface area contributed by atoms with Crippen LogP contribution in [0.25, 0.3) is 11.1 Å². The Balaban J connectivity index is 1.81. The van der Waals surface area contributed by atoms with E-state index in [0.717, 1.165) is 12.8 Å². The molecule has 154 valence electrons. The molecule has 0 aliphatic carbocycles. The van der Waals surface area contributed by atoms with Crippen molar-refractivity contribution in [3.8, 4) is 0 Å².